The first-order valence-electron chi connectivity index (χ1n) is 8.03. The molecule has 6 nitrogen and oxygen atoms in total. The number of methoxy groups -OCH3 is 1. The lowest BCUT2D eigenvalue weighted by atomic mass is 10.1. The molecule has 0 amide bonds. The van der Waals surface area contributed by atoms with E-state index >= 15 is 0 Å². The first-order valence-corrected chi connectivity index (χ1v) is 8.03. The summed E-state index contributed by atoms with van der Waals surface area (Å²) in [5.41, 5.74) is 0. The Morgan fingerprint density at radius 3 is 2.90 bits per heavy atom. The summed E-state index contributed by atoms with van der Waals surface area (Å²) in [5.74, 6) is 1.58. The first kappa shape index (κ1) is 16.4. The Morgan fingerprint density at radius 2 is 2.19 bits per heavy atom. The van der Waals surface area contributed by atoms with Gasteiger partial charge in [0.15, 0.2) is 5.82 Å². The number of piperazine rings is 1. The maximum absolute atomic E-state index is 5.26. The van der Waals surface area contributed by atoms with Crippen molar-refractivity contribution in [2.75, 3.05) is 39.9 Å². The van der Waals surface area contributed by atoms with Gasteiger partial charge in [-0.15, -0.1) is 0 Å². The molecule has 0 radical (unpaired) electrons. The summed E-state index contributed by atoms with van der Waals surface area (Å²) in [4.78, 5) is 9.42. The third kappa shape index (κ3) is 4.76. The maximum atomic E-state index is 5.26. The Labute approximate surface area is 127 Å². The summed E-state index contributed by atoms with van der Waals surface area (Å²) in [5, 5.41) is 4.09. The normalized spacial score (nSPS) is 21.0. The highest BCUT2D eigenvalue weighted by atomic mass is 16.5. The Balaban J connectivity index is 1.84. The highest BCUT2D eigenvalue weighted by molar-refractivity contribution is 4.89. The van der Waals surface area contributed by atoms with E-state index in [9.17, 15) is 0 Å². The van der Waals surface area contributed by atoms with Crippen LogP contribution in [0.5, 0.6) is 0 Å². The molecule has 21 heavy (non-hydrogen) atoms. The summed E-state index contributed by atoms with van der Waals surface area (Å²) >= 11 is 0. The second kappa shape index (κ2) is 8.46. The van der Waals surface area contributed by atoms with Crippen LogP contribution < -0.4 is 0 Å². The molecule has 2 rings (SSSR count). The minimum Gasteiger partial charge on any atom is -0.383 e. The number of hydrogen-bond acceptors (Lipinski definition) is 6. The zero-order valence-electron chi connectivity index (χ0n) is 13.5. The Morgan fingerprint density at radius 1 is 1.33 bits per heavy atom. The molecule has 1 saturated heterocycles. The van der Waals surface area contributed by atoms with Crippen molar-refractivity contribution in [2.45, 2.75) is 45.7 Å². The van der Waals surface area contributed by atoms with Crippen LogP contribution in [0.4, 0.5) is 0 Å². The topological polar surface area (TPSA) is 54.6 Å². The van der Waals surface area contributed by atoms with Crippen molar-refractivity contribution in [1.82, 2.24) is 19.9 Å². The average Bonchev–Trinajstić information content (AvgIpc) is 2.93. The van der Waals surface area contributed by atoms with Gasteiger partial charge in [0.05, 0.1) is 13.2 Å². The fourth-order valence-electron chi connectivity index (χ4n) is 2.86. The van der Waals surface area contributed by atoms with E-state index in [4.69, 9.17) is 9.26 Å². The van der Waals surface area contributed by atoms with Crippen molar-refractivity contribution in [1.29, 1.82) is 0 Å². The lowest BCUT2D eigenvalue weighted by Gasteiger charge is -2.40. The molecule has 1 aliphatic rings. The molecule has 0 spiro atoms. The lowest BCUT2D eigenvalue weighted by Crippen LogP contribution is -2.53. The Kier molecular flexibility index (Phi) is 6.60. The molecule has 2 heterocycles. The largest absolute Gasteiger partial charge is 0.383 e. The minimum absolute atomic E-state index is 0.593. The summed E-state index contributed by atoms with van der Waals surface area (Å²) in [7, 11) is 1.77. The zero-order valence-corrected chi connectivity index (χ0v) is 13.5. The van der Waals surface area contributed by atoms with Gasteiger partial charge in [0.2, 0.25) is 5.89 Å². The van der Waals surface area contributed by atoms with E-state index in [0.717, 1.165) is 70.3 Å². The van der Waals surface area contributed by atoms with Crippen molar-refractivity contribution in [2.24, 2.45) is 0 Å². The highest BCUT2D eigenvalue weighted by Gasteiger charge is 2.26. The number of hydrogen-bond donors (Lipinski definition) is 0. The van der Waals surface area contributed by atoms with Crippen LogP contribution in [0.3, 0.4) is 0 Å². The summed E-state index contributed by atoms with van der Waals surface area (Å²) < 4.78 is 10.5. The van der Waals surface area contributed by atoms with E-state index < -0.39 is 0 Å². The second-order valence-electron chi connectivity index (χ2n) is 5.68. The van der Waals surface area contributed by atoms with Gasteiger partial charge in [-0.05, 0) is 12.8 Å². The van der Waals surface area contributed by atoms with Crippen LogP contribution >= 0.6 is 0 Å². The van der Waals surface area contributed by atoms with Gasteiger partial charge in [0.25, 0.3) is 0 Å². The van der Waals surface area contributed by atoms with Crippen LogP contribution in [-0.4, -0.2) is 65.9 Å². The van der Waals surface area contributed by atoms with Gasteiger partial charge in [-0.3, -0.25) is 9.80 Å². The quantitative estimate of drug-likeness (QED) is 0.726. The molecular formula is C15H28N4O2. The van der Waals surface area contributed by atoms with E-state index in [1.807, 2.05) is 0 Å². The van der Waals surface area contributed by atoms with Crippen LogP contribution in [0.15, 0.2) is 4.52 Å². The maximum Gasteiger partial charge on any atom is 0.226 e. The van der Waals surface area contributed by atoms with Crippen molar-refractivity contribution in [3.05, 3.63) is 11.7 Å². The molecule has 6 heteroatoms. The third-order valence-corrected chi connectivity index (χ3v) is 4.08. The molecule has 1 aliphatic heterocycles. The van der Waals surface area contributed by atoms with Crippen LogP contribution in [0.2, 0.25) is 0 Å². The SMILES string of the molecule is CCCc1nc(CN2CCN(CCOC)[C@H](CC)C2)no1. The van der Waals surface area contributed by atoms with Crippen molar-refractivity contribution < 1.29 is 9.26 Å². The molecule has 1 fully saturated rings. The van der Waals surface area contributed by atoms with Gasteiger partial charge in [0.1, 0.15) is 0 Å². The highest BCUT2D eigenvalue weighted by Crippen LogP contribution is 2.14. The molecule has 0 aromatic carbocycles. The average molecular weight is 296 g/mol. The van der Waals surface area contributed by atoms with Crippen LogP contribution in [0, 0.1) is 0 Å². The molecule has 0 saturated carbocycles. The van der Waals surface area contributed by atoms with E-state index in [2.05, 4.69) is 33.8 Å². The Bertz CT molecular complexity index is 410. The van der Waals surface area contributed by atoms with Gasteiger partial charge in [-0.25, -0.2) is 0 Å². The lowest BCUT2D eigenvalue weighted by molar-refractivity contribution is 0.0452. The summed E-state index contributed by atoms with van der Waals surface area (Å²) in [6, 6.07) is 0.593. The number of aryl methyl sites for hydroxylation is 1. The van der Waals surface area contributed by atoms with Crippen molar-refractivity contribution >= 4 is 0 Å². The molecular weight excluding hydrogens is 268 g/mol. The van der Waals surface area contributed by atoms with Crippen LogP contribution in [0.25, 0.3) is 0 Å². The van der Waals surface area contributed by atoms with Gasteiger partial charge in [-0.2, -0.15) is 4.98 Å². The van der Waals surface area contributed by atoms with E-state index in [1.54, 1.807) is 7.11 Å². The molecule has 0 bridgehead atoms. The van der Waals surface area contributed by atoms with E-state index in [1.165, 1.54) is 0 Å². The smallest absolute Gasteiger partial charge is 0.226 e. The predicted molar refractivity (Wildman–Crippen MR) is 81.1 cm³/mol. The Hall–Kier alpha value is -0.980. The molecule has 1 atom stereocenters. The minimum atomic E-state index is 0.593. The first-order chi connectivity index (χ1) is 10.3. The second-order valence-corrected chi connectivity index (χ2v) is 5.68. The fraction of sp³-hybridized carbons (Fsp3) is 0.867. The van der Waals surface area contributed by atoms with E-state index in [0.29, 0.717) is 6.04 Å². The van der Waals surface area contributed by atoms with Gasteiger partial charge >= 0.3 is 0 Å². The van der Waals surface area contributed by atoms with Crippen molar-refractivity contribution in [3.63, 3.8) is 0 Å². The number of ether oxygens (including phenoxy) is 1. The van der Waals surface area contributed by atoms with Crippen molar-refractivity contribution in [3.8, 4) is 0 Å². The predicted octanol–water partition coefficient (Wildman–Crippen LogP) is 1.56. The molecule has 1 aromatic rings. The number of nitrogens with zero attached hydrogens (tertiary/aromatic N) is 4. The van der Waals surface area contributed by atoms with Gasteiger partial charge in [0, 0.05) is 45.8 Å². The number of aromatic nitrogens is 2. The fourth-order valence-corrected chi connectivity index (χ4v) is 2.86. The van der Waals surface area contributed by atoms with Crippen LogP contribution in [0.1, 0.15) is 38.4 Å². The zero-order chi connectivity index (χ0) is 15.1. The summed E-state index contributed by atoms with van der Waals surface area (Å²) in [6.45, 7) is 10.2. The van der Waals surface area contributed by atoms with E-state index in [-0.39, 0.29) is 0 Å². The van der Waals surface area contributed by atoms with Gasteiger partial charge in [-0.1, -0.05) is 19.0 Å². The summed E-state index contributed by atoms with van der Waals surface area (Å²) in [6.07, 6.45) is 3.07. The molecule has 1 aromatic heterocycles. The standard InChI is InChI=1S/C15H28N4O2/c1-4-6-15-16-14(17-21-15)12-18-7-8-19(9-10-20-3)13(5-2)11-18/h13H,4-12H2,1-3H3/t13-/m1/s1. The molecule has 0 N–H and O–H groups in total. The molecule has 120 valence electrons. The molecule has 0 aliphatic carbocycles. The van der Waals surface area contributed by atoms with Gasteiger partial charge < -0.3 is 9.26 Å². The monoisotopic (exact) mass is 296 g/mol. The number of rotatable bonds is 8. The van der Waals surface area contributed by atoms with Crippen LogP contribution in [-0.2, 0) is 17.7 Å². The third-order valence-electron chi connectivity index (χ3n) is 4.08. The molecule has 0 unspecified atom stereocenters.